The molecule has 2 aromatic carbocycles. The fourth-order valence-corrected chi connectivity index (χ4v) is 3.78. The Bertz CT molecular complexity index is 1110. The van der Waals surface area contributed by atoms with E-state index in [1.807, 2.05) is 30.3 Å². The second-order valence-electron chi connectivity index (χ2n) is 8.60. The van der Waals surface area contributed by atoms with E-state index in [4.69, 9.17) is 14.2 Å². The second-order valence-corrected chi connectivity index (χ2v) is 8.60. The number of hydrogen-bond acceptors (Lipinski definition) is 9. The lowest BCUT2D eigenvalue weighted by Crippen LogP contribution is -2.46. The van der Waals surface area contributed by atoms with E-state index in [0.29, 0.717) is 31.4 Å². The molecule has 2 amide bonds. The van der Waals surface area contributed by atoms with Crippen molar-refractivity contribution in [3.63, 3.8) is 0 Å². The van der Waals surface area contributed by atoms with Crippen LogP contribution >= 0.6 is 0 Å². The van der Waals surface area contributed by atoms with Crippen molar-refractivity contribution in [3.8, 4) is 0 Å². The van der Waals surface area contributed by atoms with Crippen LogP contribution in [-0.4, -0.2) is 55.7 Å². The van der Waals surface area contributed by atoms with Gasteiger partial charge in [0, 0.05) is 31.0 Å². The Morgan fingerprint density at radius 3 is 2.23 bits per heavy atom. The first-order chi connectivity index (χ1) is 18.7. The van der Waals surface area contributed by atoms with E-state index in [1.54, 1.807) is 0 Å². The normalized spacial score (nSPS) is 11.9. The number of nitro groups is 1. The highest BCUT2D eigenvalue weighted by atomic mass is 16.6. The highest BCUT2D eigenvalue weighted by Gasteiger charge is 2.34. The van der Waals surface area contributed by atoms with Crippen molar-refractivity contribution in [3.05, 3.63) is 75.8 Å². The van der Waals surface area contributed by atoms with Crippen LogP contribution in [0.2, 0.25) is 0 Å². The van der Waals surface area contributed by atoms with Crippen molar-refractivity contribution in [2.24, 2.45) is 0 Å². The number of alkyl carbamates (subject to hydrolysis) is 1. The topological polar surface area (TPSA) is 163 Å². The quantitative estimate of drug-likeness (QED) is 0.113. The molecule has 0 saturated heterocycles. The Balaban J connectivity index is 1.86. The molecule has 0 heterocycles. The summed E-state index contributed by atoms with van der Waals surface area (Å²) < 4.78 is 14.7. The zero-order chi connectivity index (χ0) is 28.6. The van der Waals surface area contributed by atoms with Gasteiger partial charge in [0.2, 0.25) is 5.91 Å². The summed E-state index contributed by atoms with van der Waals surface area (Å²) in [4.78, 5) is 59.5. The van der Waals surface area contributed by atoms with Crippen LogP contribution in [-0.2, 0) is 35.2 Å². The van der Waals surface area contributed by atoms with Crippen LogP contribution in [0.5, 0.6) is 0 Å². The maximum atomic E-state index is 12.7. The molecule has 0 aliphatic heterocycles. The molecule has 0 saturated carbocycles. The first-order valence-electron chi connectivity index (χ1n) is 12.4. The molecule has 0 bridgehead atoms. The number of carbonyl (C=O) groups excluding carboxylic acids is 4. The van der Waals surface area contributed by atoms with Crippen LogP contribution in [0, 0.1) is 10.1 Å². The van der Waals surface area contributed by atoms with Gasteiger partial charge in [-0.3, -0.25) is 19.7 Å². The summed E-state index contributed by atoms with van der Waals surface area (Å²) in [6.45, 7) is 0.548. The van der Waals surface area contributed by atoms with E-state index in [2.05, 4.69) is 10.6 Å². The standard InChI is InChI=1S/C27H33N3O9/c1-37-24(32)17-22(20-12-14-21(15-13-20)30(35)36)25(26(33)38-2)29-23(31)11-7-4-8-16-28-27(34)39-18-19-9-5-3-6-10-19/h3,5-6,9-10,12-15,22,25H,4,7-8,11,16-18H2,1-2H3,(H,28,34)(H,29,31)/t22-,25-/m1/s1. The molecule has 210 valence electrons. The van der Waals surface area contributed by atoms with Crippen LogP contribution in [0.15, 0.2) is 54.6 Å². The molecule has 0 fully saturated rings. The lowest BCUT2D eigenvalue weighted by atomic mass is 9.88. The minimum absolute atomic E-state index is 0.0944. The van der Waals surface area contributed by atoms with E-state index < -0.39 is 40.8 Å². The number of ether oxygens (including phenoxy) is 3. The molecule has 2 atom stereocenters. The van der Waals surface area contributed by atoms with Gasteiger partial charge in [0.25, 0.3) is 5.69 Å². The summed E-state index contributed by atoms with van der Waals surface area (Å²) in [6.07, 6.45) is 1.03. The number of nitrogens with zero attached hydrogens (tertiary/aromatic N) is 1. The first-order valence-corrected chi connectivity index (χ1v) is 12.4. The van der Waals surface area contributed by atoms with Gasteiger partial charge in [-0.05, 0) is 24.0 Å². The summed E-state index contributed by atoms with van der Waals surface area (Å²) >= 11 is 0. The maximum Gasteiger partial charge on any atom is 0.407 e. The van der Waals surface area contributed by atoms with Gasteiger partial charge in [0.15, 0.2) is 0 Å². The number of benzene rings is 2. The highest BCUT2D eigenvalue weighted by Crippen LogP contribution is 2.27. The van der Waals surface area contributed by atoms with Gasteiger partial charge in [-0.25, -0.2) is 9.59 Å². The van der Waals surface area contributed by atoms with E-state index in [0.717, 1.165) is 12.7 Å². The van der Waals surface area contributed by atoms with Crippen LogP contribution in [0.25, 0.3) is 0 Å². The molecule has 2 rings (SSSR count). The number of carbonyl (C=O) groups is 4. The zero-order valence-corrected chi connectivity index (χ0v) is 21.9. The van der Waals surface area contributed by atoms with Crippen LogP contribution in [0.3, 0.4) is 0 Å². The van der Waals surface area contributed by atoms with Gasteiger partial charge in [-0.1, -0.05) is 48.9 Å². The smallest absolute Gasteiger partial charge is 0.407 e. The molecule has 2 aromatic rings. The third-order valence-corrected chi connectivity index (χ3v) is 5.88. The van der Waals surface area contributed by atoms with Crippen molar-refractivity contribution in [1.82, 2.24) is 10.6 Å². The van der Waals surface area contributed by atoms with Crippen molar-refractivity contribution in [2.75, 3.05) is 20.8 Å². The average Bonchev–Trinajstić information content (AvgIpc) is 2.95. The van der Waals surface area contributed by atoms with E-state index in [1.165, 1.54) is 31.4 Å². The van der Waals surface area contributed by atoms with Crippen LogP contribution in [0.1, 0.15) is 49.1 Å². The van der Waals surface area contributed by atoms with Gasteiger partial charge < -0.3 is 24.8 Å². The summed E-state index contributed by atoms with van der Waals surface area (Å²) in [5.41, 5.74) is 1.14. The third-order valence-electron chi connectivity index (χ3n) is 5.88. The van der Waals surface area contributed by atoms with Gasteiger partial charge in [-0.2, -0.15) is 0 Å². The fourth-order valence-electron chi connectivity index (χ4n) is 3.78. The monoisotopic (exact) mass is 543 g/mol. The van der Waals surface area contributed by atoms with Crippen molar-refractivity contribution < 1.29 is 38.3 Å². The SMILES string of the molecule is COC(=O)C[C@H](c1ccc([N+](=O)[O-])cc1)[C@@H](NC(=O)CCCCCNC(=O)OCc1ccccc1)C(=O)OC. The molecule has 0 unspecified atom stereocenters. The number of amides is 2. The van der Waals surface area contributed by atoms with Crippen LogP contribution < -0.4 is 10.6 Å². The van der Waals surface area contributed by atoms with Crippen molar-refractivity contribution >= 4 is 29.6 Å². The van der Waals surface area contributed by atoms with Gasteiger partial charge in [0.1, 0.15) is 12.6 Å². The Labute approximate surface area is 226 Å². The number of hydrogen-bond donors (Lipinski definition) is 2. The molecular weight excluding hydrogens is 510 g/mol. The predicted octanol–water partition coefficient (Wildman–Crippen LogP) is 3.39. The van der Waals surface area contributed by atoms with Gasteiger partial charge >= 0.3 is 18.0 Å². The molecule has 2 N–H and O–H groups in total. The molecule has 0 radical (unpaired) electrons. The van der Waals surface area contributed by atoms with Crippen molar-refractivity contribution in [1.29, 1.82) is 0 Å². The minimum Gasteiger partial charge on any atom is -0.469 e. The summed E-state index contributed by atoms with van der Waals surface area (Å²) in [7, 11) is 2.35. The molecule has 39 heavy (non-hydrogen) atoms. The second kappa shape index (κ2) is 16.4. The van der Waals surface area contributed by atoms with E-state index in [9.17, 15) is 29.3 Å². The predicted molar refractivity (Wildman–Crippen MR) is 140 cm³/mol. The third kappa shape index (κ3) is 10.8. The number of unbranched alkanes of at least 4 members (excludes halogenated alkanes) is 2. The van der Waals surface area contributed by atoms with Gasteiger partial charge in [0.05, 0.1) is 25.6 Å². The summed E-state index contributed by atoms with van der Waals surface area (Å²) in [5, 5.41) is 16.3. The van der Waals surface area contributed by atoms with E-state index in [-0.39, 0.29) is 25.1 Å². The number of nitro benzene ring substituents is 1. The largest absolute Gasteiger partial charge is 0.469 e. The summed E-state index contributed by atoms with van der Waals surface area (Å²) in [5.74, 6) is -2.71. The van der Waals surface area contributed by atoms with Gasteiger partial charge in [-0.15, -0.1) is 0 Å². The summed E-state index contributed by atoms with van der Waals surface area (Å²) in [6, 6.07) is 13.4. The first kappa shape index (κ1) is 30.7. The molecule has 12 heteroatoms. The Hall–Kier alpha value is -4.48. The number of esters is 2. The average molecular weight is 544 g/mol. The number of nitrogens with one attached hydrogen (secondary N) is 2. The highest BCUT2D eigenvalue weighted by molar-refractivity contribution is 5.86. The van der Waals surface area contributed by atoms with Crippen molar-refractivity contribution in [2.45, 2.75) is 50.7 Å². The number of rotatable bonds is 15. The molecule has 12 nitrogen and oxygen atoms in total. The minimum atomic E-state index is -1.22. The molecule has 0 aliphatic rings. The molecule has 0 aromatic heterocycles. The number of non-ortho nitro benzene ring substituents is 1. The van der Waals surface area contributed by atoms with Crippen LogP contribution in [0.4, 0.5) is 10.5 Å². The lowest BCUT2D eigenvalue weighted by Gasteiger charge is -2.26. The maximum absolute atomic E-state index is 12.7. The molecular formula is C27H33N3O9. The van der Waals surface area contributed by atoms with E-state index >= 15 is 0 Å². The Morgan fingerprint density at radius 2 is 1.62 bits per heavy atom. The lowest BCUT2D eigenvalue weighted by molar-refractivity contribution is -0.384. The Morgan fingerprint density at radius 1 is 0.923 bits per heavy atom. The Kier molecular flexibility index (Phi) is 12.9. The zero-order valence-electron chi connectivity index (χ0n) is 21.9. The fraction of sp³-hybridized carbons (Fsp3) is 0.407. The molecule has 0 spiro atoms. The number of methoxy groups -OCH3 is 2. The molecule has 0 aliphatic carbocycles.